The molecule has 2 N–H and O–H groups in total. The second-order valence-electron chi connectivity index (χ2n) is 6.91. The fraction of sp³-hybridized carbons (Fsp3) is 0.824. The van der Waals surface area contributed by atoms with Crippen LogP contribution in [0.5, 0.6) is 0 Å². The predicted octanol–water partition coefficient (Wildman–Crippen LogP) is 3.65. The van der Waals surface area contributed by atoms with Crippen molar-refractivity contribution in [2.24, 2.45) is 18.0 Å². The molecule has 28 heavy (non-hydrogen) atoms. The van der Waals surface area contributed by atoms with Crippen molar-refractivity contribution in [1.29, 1.82) is 0 Å². The van der Waals surface area contributed by atoms with Gasteiger partial charge in [0, 0.05) is 19.6 Å². The van der Waals surface area contributed by atoms with Gasteiger partial charge < -0.3 is 15.2 Å². The Balaban J connectivity index is 0.00000392. The number of aromatic nitrogens is 3. The first-order valence-corrected chi connectivity index (χ1v) is 10.7. The summed E-state index contributed by atoms with van der Waals surface area (Å²) in [7, 11) is 1.87. The first-order chi connectivity index (χ1) is 12.8. The van der Waals surface area contributed by atoms with Crippen LogP contribution in [0.15, 0.2) is 4.99 Å². The minimum absolute atomic E-state index is 0. The summed E-state index contributed by atoms with van der Waals surface area (Å²) in [5.74, 6) is 1.84. The standard InChI is InChI=1S/C17H29F3N6S.HI/c1-12-24-25-15(26(12)2)11-22-16(21-8-5-9-27-3)23-14-7-4-6-13(10-14)17(18,19)20;/h13-14H,4-11H2,1-3H3,(H2,21,22,23);1H. The molecule has 162 valence electrons. The molecule has 6 nitrogen and oxygen atoms in total. The number of aliphatic imine (C=N–C) groups is 1. The average Bonchev–Trinajstić information content (AvgIpc) is 2.94. The fourth-order valence-corrected chi connectivity index (χ4v) is 3.56. The normalized spacial score (nSPS) is 20.6. The SMILES string of the molecule is CSCCCNC(=NCc1nnc(C)n1C)NC1CCCC(C(F)(F)F)C1.I. The molecule has 1 aromatic rings. The predicted molar refractivity (Wildman–Crippen MR) is 118 cm³/mol. The van der Waals surface area contributed by atoms with Crippen molar-refractivity contribution >= 4 is 41.7 Å². The number of rotatable bonds is 7. The van der Waals surface area contributed by atoms with Crippen molar-refractivity contribution in [2.45, 2.75) is 57.8 Å². The van der Waals surface area contributed by atoms with Crippen molar-refractivity contribution in [3.63, 3.8) is 0 Å². The number of hydrogen-bond donors (Lipinski definition) is 2. The molecule has 1 fully saturated rings. The molecule has 0 saturated heterocycles. The molecule has 1 aromatic heterocycles. The number of nitrogens with one attached hydrogen (secondary N) is 2. The van der Waals surface area contributed by atoms with E-state index in [9.17, 15) is 13.2 Å². The molecule has 0 amide bonds. The first-order valence-electron chi connectivity index (χ1n) is 9.26. The third-order valence-electron chi connectivity index (χ3n) is 4.86. The Labute approximate surface area is 185 Å². The molecular formula is C17H30F3IN6S. The summed E-state index contributed by atoms with van der Waals surface area (Å²) in [6.45, 7) is 2.91. The minimum atomic E-state index is -4.13. The third-order valence-corrected chi connectivity index (χ3v) is 5.55. The summed E-state index contributed by atoms with van der Waals surface area (Å²) < 4.78 is 41.0. The molecule has 2 atom stereocenters. The number of alkyl halides is 3. The van der Waals surface area contributed by atoms with Crippen LogP contribution < -0.4 is 10.6 Å². The van der Waals surface area contributed by atoms with Crippen LogP contribution in [0.25, 0.3) is 0 Å². The fourth-order valence-electron chi connectivity index (χ4n) is 3.13. The van der Waals surface area contributed by atoms with Crippen LogP contribution >= 0.6 is 35.7 Å². The van der Waals surface area contributed by atoms with E-state index in [0.717, 1.165) is 36.8 Å². The zero-order chi connectivity index (χ0) is 19.9. The van der Waals surface area contributed by atoms with Gasteiger partial charge in [-0.1, -0.05) is 6.42 Å². The van der Waals surface area contributed by atoms with E-state index in [0.29, 0.717) is 18.9 Å². The second-order valence-corrected chi connectivity index (χ2v) is 7.89. The lowest BCUT2D eigenvalue weighted by atomic mass is 9.85. The lowest BCUT2D eigenvalue weighted by molar-refractivity contribution is -0.183. The highest BCUT2D eigenvalue weighted by Crippen LogP contribution is 2.37. The average molecular weight is 534 g/mol. The van der Waals surface area contributed by atoms with E-state index < -0.39 is 12.1 Å². The lowest BCUT2D eigenvalue weighted by Gasteiger charge is -2.32. The van der Waals surface area contributed by atoms with Gasteiger partial charge in [0.05, 0.1) is 5.92 Å². The number of hydrogen-bond acceptors (Lipinski definition) is 4. The van der Waals surface area contributed by atoms with Gasteiger partial charge in [-0.25, -0.2) is 4.99 Å². The Bertz CT molecular complexity index is 623. The van der Waals surface area contributed by atoms with Gasteiger partial charge in [-0.15, -0.1) is 34.2 Å². The number of halogens is 4. The van der Waals surface area contributed by atoms with E-state index in [4.69, 9.17) is 0 Å². The molecule has 1 saturated carbocycles. The number of aryl methyl sites for hydroxylation is 1. The van der Waals surface area contributed by atoms with Gasteiger partial charge in [0.1, 0.15) is 12.4 Å². The van der Waals surface area contributed by atoms with E-state index >= 15 is 0 Å². The topological polar surface area (TPSA) is 67.1 Å². The van der Waals surface area contributed by atoms with Crippen LogP contribution in [0.4, 0.5) is 13.2 Å². The lowest BCUT2D eigenvalue weighted by Crippen LogP contribution is -2.47. The summed E-state index contributed by atoms with van der Waals surface area (Å²) in [5, 5.41) is 14.5. The van der Waals surface area contributed by atoms with E-state index in [1.54, 1.807) is 11.8 Å². The molecule has 0 aliphatic heterocycles. The van der Waals surface area contributed by atoms with Crippen LogP contribution in [-0.2, 0) is 13.6 Å². The molecule has 0 spiro atoms. The Morgan fingerprint density at radius 2 is 2.07 bits per heavy atom. The van der Waals surface area contributed by atoms with Crippen LogP contribution in [0, 0.1) is 12.8 Å². The molecule has 2 rings (SSSR count). The molecule has 0 aromatic carbocycles. The molecular weight excluding hydrogens is 504 g/mol. The maximum Gasteiger partial charge on any atom is 0.391 e. The molecule has 0 radical (unpaired) electrons. The van der Waals surface area contributed by atoms with Gasteiger partial charge in [-0.2, -0.15) is 24.9 Å². The van der Waals surface area contributed by atoms with Gasteiger partial charge in [0.25, 0.3) is 0 Å². The minimum Gasteiger partial charge on any atom is -0.356 e. The van der Waals surface area contributed by atoms with E-state index in [1.165, 1.54) is 0 Å². The number of thioether (sulfide) groups is 1. The summed E-state index contributed by atoms with van der Waals surface area (Å²) >= 11 is 1.76. The molecule has 2 unspecified atom stereocenters. The quantitative estimate of drug-likeness (QED) is 0.242. The van der Waals surface area contributed by atoms with Gasteiger partial charge in [-0.3, -0.25) is 0 Å². The summed E-state index contributed by atoms with van der Waals surface area (Å²) in [4.78, 5) is 4.53. The van der Waals surface area contributed by atoms with Crippen molar-refractivity contribution < 1.29 is 13.2 Å². The van der Waals surface area contributed by atoms with E-state index in [2.05, 4.69) is 25.8 Å². The molecule has 1 aliphatic carbocycles. The van der Waals surface area contributed by atoms with Crippen LogP contribution in [0.3, 0.4) is 0 Å². The Morgan fingerprint density at radius 3 is 2.68 bits per heavy atom. The van der Waals surface area contributed by atoms with Crippen molar-refractivity contribution in [3.05, 3.63) is 11.6 Å². The van der Waals surface area contributed by atoms with Gasteiger partial charge in [-0.05, 0) is 44.6 Å². The Hall–Kier alpha value is -0.720. The number of nitrogens with zero attached hydrogens (tertiary/aromatic N) is 4. The summed E-state index contributed by atoms with van der Waals surface area (Å²) in [5.41, 5.74) is 0. The number of guanidine groups is 1. The smallest absolute Gasteiger partial charge is 0.356 e. The highest BCUT2D eigenvalue weighted by atomic mass is 127. The molecule has 1 aliphatic rings. The van der Waals surface area contributed by atoms with Crippen molar-refractivity contribution in [1.82, 2.24) is 25.4 Å². The van der Waals surface area contributed by atoms with Crippen LogP contribution in [0.2, 0.25) is 0 Å². The van der Waals surface area contributed by atoms with Crippen molar-refractivity contribution in [3.8, 4) is 0 Å². The second kappa shape index (κ2) is 12.1. The zero-order valence-corrected chi connectivity index (χ0v) is 19.7. The summed E-state index contributed by atoms with van der Waals surface area (Å²) in [6.07, 6.45) is 0.486. The summed E-state index contributed by atoms with van der Waals surface area (Å²) in [6, 6.07) is -0.224. The highest BCUT2D eigenvalue weighted by Gasteiger charge is 2.42. The monoisotopic (exact) mass is 534 g/mol. The third kappa shape index (κ3) is 7.96. The highest BCUT2D eigenvalue weighted by molar-refractivity contribution is 14.0. The van der Waals surface area contributed by atoms with E-state index in [-0.39, 0.29) is 42.9 Å². The molecule has 11 heteroatoms. The maximum atomic E-state index is 13.1. The largest absolute Gasteiger partial charge is 0.391 e. The zero-order valence-electron chi connectivity index (χ0n) is 16.6. The Kier molecular flexibility index (Phi) is 10.9. The maximum absolute atomic E-state index is 13.1. The van der Waals surface area contributed by atoms with Crippen LogP contribution in [0.1, 0.15) is 43.8 Å². The first kappa shape index (κ1) is 25.3. The Morgan fingerprint density at radius 1 is 1.32 bits per heavy atom. The van der Waals surface area contributed by atoms with Crippen LogP contribution in [-0.4, -0.2) is 51.5 Å². The van der Waals surface area contributed by atoms with Gasteiger partial charge in [0.2, 0.25) is 0 Å². The van der Waals surface area contributed by atoms with E-state index in [1.807, 2.05) is 24.8 Å². The van der Waals surface area contributed by atoms with Crippen molar-refractivity contribution in [2.75, 3.05) is 18.6 Å². The molecule has 0 bridgehead atoms. The van der Waals surface area contributed by atoms with Gasteiger partial charge in [0.15, 0.2) is 11.8 Å². The molecule has 1 heterocycles. The van der Waals surface area contributed by atoms with Gasteiger partial charge >= 0.3 is 6.18 Å².